The van der Waals surface area contributed by atoms with Gasteiger partial charge < -0.3 is 14.6 Å². The topological polar surface area (TPSA) is 98.5 Å². The molecule has 3 rings (SSSR count). The summed E-state index contributed by atoms with van der Waals surface area (Å²) in [5.41, 5.74) is 2.17. The Labute approximate surface area is 173 Å². The van der Waals surface area contributed by atoms with Crippen molar-refractivity contribution in [2.45, 2.75) is 31.7 Å². The van der Waals surface area contributed by atoms with Gasteiger partial charge in [0.25, 0.3) is 0 Å². The van der Waals surface area contributed by atoms with Crippen molar-refractivity contribution in [3.05, 3.63) is 51.8 Å². The van der Waals surface area contributed by atoms with Crippen LogP contribution in [0.4, 0.5) is 0 Å². The van der Waals surface area contributed by atoms with Crippen LogP contribution in [0, 0.1) is 13.8 Å². The van der Waals surface area contributed by atoms with Crippen LogP contribution < -0.4 is 10.1 Å². The van der Waals surface area contributed by atoms with E-state index in [0.29, 0.717) is 17.9 Å². The third-order valence-corrected chi connectivity index (χ3v) is 7.16. The maximum Gasteiger partial charge on any atom is 0.221 e. The Bertz CT molecular complexity index is 1100. The molecular weight excluding hydrogens is 412 g/mol. The molecule has 1 amide bonds. The molecule has 1 aromatic carbocycles. The lowest BCUT2D eigenvalue weighted by molar-refractivity contribution is -0.120. The number of methoxy groups -OCH3 is 1. The van der Waals surface area contributed by atoms with Gasteiger partial charge in [-0.2, -0.15) is 0 Å². The number of aryl methyl sites for hydroxylation is 1. The number of sulfone groups is 1. The molecule has 0 aliphatic rings. The standard InChI is InChI=1S/C20H22N2O5S2/c1-13-14(2)22-27-20(13)15-6-7-17(26-3)18(11-15)29(24,25)10-8-19(23)21-12-16-5-4-9-28-16/h4-7,9,11H,8,10,12H2,1-3H3,(H,21,23). The molecule has 2 aromatic heterocycles. The number of hydrogen-bond acceptors (Lipinski definition) is 7. The number of carbonyl (C=O) groups is 1. The van der Waals surface area contributed by atoms with E-state index in [2.05, 4.69) is 10.5 Å². The molecule has 154 valence electrons. The van der Waals surface area contributed by atoms with Crippen molar-refractivity contribution < 1.29 is 22.5 Å². The third kappa shape index (κ3) is 4.86. The quantitative estimate of drug-likeness (QED) is 0.583. The summed E-state index contributed by atoms with van der Waals surface area (Å²) in [7, 11) is -2.34. The second-order valence-corrected chi connectivity index (χ2v) is 9.62. The minimum atomic E-state index is -3.75. The maximum absolute atomic E-state index is 12.9. The summed E-state index contributed by atoms with van der Waals surface area (Å²) in [5, 5.41) is 8.58. The second-order valence-electron chi connectivity index (χ2n) is 6.51. The Hall–Kier alpha value is -2.65. The monoisotopic (exact) mass is 434 g/mol. The summed E-state index contributed by atoms with van der Waals surface area (Å²) in [6, 6.07) is 8.61. The molecule has 3 aromatic rings. The first-order valence-electron chi connectivity index (χ1n) is 8.95. The van der Waals surface area contributed by atoms with Gasteiger partial charge in [-0.15, -0.1) is 11.3 Å². The minimum absolute atomic E-state index is 0.0250. The molecule has 0 saturated heterocycles. The van der Waals surface area contributed by atoms with E-state index < -0.39 is 9.84 Å². The third-order valence-electron chi connectivity index (χ3n) is 4.56. The van der Waals surface area contributed by atoms with Crippen LogP contribution in [0.5, 0.6) is 5.75 Å². The lowest BCUT2D eigenvalue weighted by Gasteiger charge is -2.11. The molecule has 0 fully saturated rings. The Morgan fingerprint density at radius 2 is 2.07 bits per heavy atom. The highest BCUT2D eigenvalue weighted by molar-refractivity contribution is 7.91. The number of nitrogens with one attached hydrogen (secondary N) is 1. The van der Waals surface area contributed by atoms with E-state index in [-0.39, 0.29) is 28.7 Å². The molecule has 29 heavy (non-hydrogen) atoms. The highest BCUT2D eigenvalue weighted by Crippen LogP contribution is 2.33. The van der Waals surface area contributed by atoms with Crippen LogP contribution in [-0.2, 0) is 21.2 Å². The largest absolute Gasteiger partial charge is 0.495 e. The van der Waals surface area contributed by atoms with Crippen LogP contribution >= 0.6 is 11.3 Å². The smallest absolute Gasteiger partial charge is 0.221 e. The number of thiophene rings is 1. The van der Waals surface area contributed by atoms with Gasteiger partial charge in [-0.25, -0.2) is 8.42 Å². The van der Waals surface area contributed by atoms with E-state index in [1.54, 1.807) is 12.1 Å². The molecule has 9 heteroatoms. The van der Waals surface area contributed by atoms with E-state index in [0.717, 1.165) is 16.1 Å². The Morgan fingerprint density at radius 3 is 2.69 bits per heavy atom. The number of amides is 1. The van der Waals surface area contributed by atoms with Gasteiger partial charge in [0.15, 0.2) is 15.6 Å². The van der Waals surface area contributed by atoms with Gasteiger partial charge in [0.05, 0.1) is 25.1 Å². The number of ether oxygens (including phenoxy) is 1. The van der Waals surface area contributed by atoms with E-state index in [4.69, 9.17) is 9.26 Å². The number of carbonyl (C=O) groups excluding carboxylic acids is 1. The van der Waals surface area contributed by atoms with Crippen molar-refractivity contribution in [1.82, 2.24) is 10.5 Å². The molecule has 0 saturated carbocycles. The Kier molecular flexibility index (Phi) is 6.39. The molecule has 0 unspecified atom stereocenters. The van der Waals surface area contributed by atoms with Crippen LogP contribution in [0.1, 0.15) is 22.6 Å². The summed E-state index contributed by atoms with van der Waals surface area (Å²) in [5.74, 6) is 0.0908. The van der Waals surface area contributed by atoms with Gasteiger partial charge in [0.2, 0.25) is 5.91 Å². The van der Waals surface area contributed by atoms with Gasteiger partial charge in [-0.05, 0) is 43.5 Å². The summed E-state index contributed by atoms with van der Waals surface area (Å²) < 4.78 is 36.4. The van der Waals surface area contributed by atoms with Crippen molar-refractivity contribution in [1.29, 1.82) is 0 Å². The van der Waals surface area contributed by atoms with Crippen molar-refractivity contribution in [3.63, 3.8) is 0 Å². The zero-order chi connectivity index (χ0) is 21.0. The normalized spacial score (nSPS) is 11.4. The molecule has 7 nitrogen and oxygen atoms in total. The Balaban J connectivity index is 1.77. The van der Waals surface area contributed by atoms with Crippen LogP contribution in [-0.4, -0.2) is 32.3 Å². The fraction of sp³-hybridized carbons (Fsp3) is 0.300. The molecule has 0 aliphatic heterocycles. The van der Waals surface area contributed by atoms with E-state index in [1.807, 2.05) is 31.4 Å². The number of hydrogen-bond donors (Lipinski definition) is 1. The van der Waals surface area contributed by atoms with E-state index in [9.17, 15) is 13.2 Å². The lowest BCUT2D eigenvalue weighted by Crippen LogP contribution is -2.25. The summed E-state index contributed by atoms with van der Waals surface area (Å²) >= 11 is 1.53. The minimum Gasteiger partial charge on any atom is -0.495 e. The fourth-order valence-electron chi connectivity index (χ4n) is 2.77. The van der Waals surface area contributed by atoms with Gasteiger partial charge in [0, 0.05) is 22.4 Å². The summed E-state index contributed by atoms with van der Waals surface area (Å²) in [4.78, 5) is 13.1. The van der Waals surface area contributed by atoms with Crippen LogP contribution in [0.15, 0.2) is 45.1 Å². The number of benzene rings is 1. The zero-order valence-corrected chi connectivity index (χ0v) is 18.0. The highest BCUT2D eigenvalue weighted by Gasteiger charge is 2.23. The summed E-state index contributed by atoms with van der Waals surface area (Å²) in [6.45, 7) is 4.06. The second kappa shape index (κ2) is 8.79. The molecule has 0 atom stereocenters. The molecule has 0 radical (unpaired) electrons. The molecule has 1 N–H and O–H groups in total. The predicted octanol–water partition coefficient (Wildman–Crippen LogP) is 3.51. The first kappa shape index (κ1) is 21.1. The number of nitrogens with zero attached hydrogens (tertiary/aromatic N) is 1. The van der Waals surface area contributed by atoms with Crippen LogP contribution in [0.25, 0.3) is 11.3 Å². The van der Waals surface area contributed by atoms with Crippen LogP contribution in [0.3, 0.4) is 0 Å². The fourth-order valence-corrected chi connectivity index (χ4v) is 4.85. The van der Waals surface area contributed by atoms with Crippen molar-refractivity contribution in [2.75, 3.05) is 12.9 Å². The average Bonchev–Trinajstić information content (AvgIpc) is 3.35. The van der Waals surface area contributed by atoms with E-state index >= 15 is 0 Å². The van der Waals surface area contributed by atoms with Gasteiger partial charge >= 0.3 is 0 Å². The molecule has 2 heterocycles. The van der Waals surface area contributed by atoms with Gasteiger partial charge in [-0.3, -0.25) is 4.79 Å². The Morgan fingerprint density at radius 1 is 1.28 bits per heavy atom. The highest BCUT2D eigenvalue weighted by atomic mass is 32.2. The lowest BCUT2D eigenvalue weighted by atomic mass is 10.1. The molecule has 0 bridgehead atoms. The van der Waals surface area contributed by atoms with Gasteiger partial charge in [0.1, 0.15) is 10.6 Å². The number of aromatic nitrogens is 1. The zero-order valence-electron chi connectivity index (χ0n) is 16.4. The molecule has 0 spiro atoms. The van der Waals surface area contributed by atoms with Crippen LogP contribution in [0.2, 0.25) is 0 Å². The van der Waals surface area contributed by atoms with Crippen molar-refractivity contribution in [2.24, 2.45) is 0 Å². The number of rotatable bonds is 8. The predicted molar refractivity (Wildman–Crippen MR) is 111 cm³/mol. The summed E-state index contributed by atoms with van der Waals surface area (Å²) in [6.07, 6.45) is -0.137. The molecule has 0 aliphatic carbocycles. The molecular formula is C20H22N2O5S2. The SMILES string of the molecule is COc1ccc(-c2onc(C)c2C)cc1S(=O)(=O)CCC(=O)NCc1cccs1. The first-order chi connectivity index (χ1) is 13.8. The van der Waals surface area contributed by atoms with Gasteiger partial charge in [-0.1, -0.05) is 11.2 Å². The average molecular weight is 435 g/mol. The van der Waals surface area contributed by atoms with E-state index in [1.165, 1.54) is 24.5 Å². The maximum atomic E-state index is 12.9. The van der Waals surface area contributed by atoms with Crippen molar-refractivity contribution >= 4 is 27.1 Å². The first-order valence-corrected chi connectivity index (χ1v) is 11.5. The van der Waals surface area contributed by atoms with Crippen molar-refractivity contribution in [3.8, 4) is 17.1 Å².